The molecule has 0 aliphatic rings. The first-order valence-electron chi connectivity index (χ1n) is 6.56. The van der Waals surface area contributed by atoms with Gasteiger partial charge in [-0.1, -0.05) is 29.3 Å². The lowest BCUT2D eigenvalue weighted by molar-refractivity contribution is 0.0686. The molecule has 0 amide bonds. The van der Waals surface area contributed by atoms with Crippen LogP contribution in [0.1, 0.15) is 16.1 Å². The summed E-state index contributed by atoms with van der Waals surface area (Å²) in [5.41, 5.74) is 1.64. The van der Waals surface area contributed by atoms with Gasteiger partial charge in [0, 0.05) is 11.9 Å². The van der Waals surface area contributed by atoms with E-state index in [0.717, 1.165) is 5.56 Å². The quantitative estimate of drug-likeness (QED) is 0.621. The number of aromatic nitrogens is 1. The summed E-state index contributed by atoms with van der Waals surface area (Å²) in [5, 5.41) is 20.7. The minimum atomic E-state index is -1.04. The standard InChI is InChI=1S/C16H10BrCl2NO3/c17-10-6-13-9(5-15(10)21)4-14(16(22)23)20(13)7-8-1-2-11(18)12(19)3-8/h1-6,21H,7H2,(H,22,23). The number of nitrogens with zero attached hydrogens (tertiary/aromatic N) is 1. The second kappa shape index (κ2) is 6.07. The molecule has 1 aromatic heterocycles. The van der Waals surface area contributed by atoms with Crippen LogP contribution in [0.15, 0.2) is 40.9 Å². The molecular weight excluding hydrogens is 405 g/mol. The van der Waals surface area contributed by atoms with Crippen molar-refractivity contribution in [2.24, 2.45) is 0 Å². The average Bonchev–Trinajstić information content (AvgIpc) is 2.82. The van der Waals surface area contributed by atoms with E-state index in [9.17, 15) is 15.0 Å². The Morgan fingerprint density at radius 3 is 2.52 bits per heavy atom. The van der Waals surface area contributed by atoms with Crippen LogP contribution in [0.2, 0.25) is 10.0 Å². The van der Waals surface area contributed by atoms with Crippen LogP contribution in [-0.4, -0.2) is 20.7 Å². The first-order valence-corrected chi connectivity index (χ1v) is 8.10. The Balaban J connectivity index is 2.17. The van der Waals surface area contributed by atoms with Crippen LogP contribution in [0.3, 0.4) is 0 Å². The Labute approximate surface area is 150 Å². The molecule has 0 atom stereocenters. The van der Waals surface area contributed by atoms with Crippen molar-refractivity contribution in [3.8, 4) is 5.75 Å². The number of phenols is 1. The second-order valence-corrected chi connectivity index (χ2v) is 6.70. The summed E-state index contributed by atoms with van der Waals surface area (Å²) in [6, 6.07) is 9.91. The highest BCUT2D eigenvalue weighted by atomic mass is 79.9. The smallest absolute Gasteiger partial charge is 0.352 e. The first-order chi connectivity index (χ1) is 10.9. The van der Waals surface area contributed by atoms with Gasteiger partial charge in [-0.05, 0) is 51.8 Å². The molecule has 0 saturated heterocycles. The molecule has 0 aliphatic heterocycles. The van der Waals surface area contributed by atoms with Crippen molar-refractivity contribution in [2.45, 2.75) is 6.54 Å². The summed E-state index contributed by atoms with van der Waals surface area (Å²) >= 11 is 15.2. The topological polar surface area (TPSA) is 62.5 Å². The van der Waals surface area contributed by atoms with Crippen LogP contribution < -0.4 is 0 Å². The van der Waals surface area contributed by atoms with Crippen LogP contribution >= 0.6 is 39.1 Å². The van der Waals surface area contributed by atoms with Crippen LogP contribution in [0, 0.1) is 0 Å². The molecule has 0 bridgehead atoms. The first kappa shape index (κ1) is 16.2. The third-order valence-corrected chi connectivity index (χ3v) is 4.89. The molecule has 0 aliphatic carbocycles. The number of aromatic carboxylic acids is 1. The Hall–Kier alpha value is -1.69. The molecule has 7 heteroatoms. The second-order valence-electron chi connectivity index (χ2n) is 5.03. The van der Waals surface area contributed by atoms with E-state index in [1.807, 2.05) is 0 Å². The number of benzene rings is 2. The van der Waals surface area contributed by atoms with E-state index in [2.05, 4.69) is 15.9 Å². The van der Waals surface area contributed by atoms with E-state index in [-0.39, 0.29) is 11.4 Å². The van der Waals surface area contributed by atoms with Gasteiger partial charge >= 0.3 is 5.97 Å². The van der Waals surface area contributed by atoms with Crippen LogP contribution in [0.5, 0.6) is 5.75 Å². The monoisotopic (exact) mass is 413 g/mol. The van der Waals surface area contributed by atoms with E-state index >= 15 is 0 Å². The number of hydrogen-bond donors (Lipinski definition) is 2. The molecule has 23 heavy (non-hydrogen) atoms. The molecule has 2 aromatic carbocycles. The summed E-state index contributed by atoms with van der Waals surface area (Å²) in [4.78, 5) is 11.5. The van der Waals surface area contributed by atoms with Crippen molar-refractivity contribution in [1.29, 1.82) is 0 Å². The normalized spacial score (nSPS) is 11.1. The lowest BCUT2D eigenvalue weighted by Gasteiger charge is -2.10. The van der Waals surface area contributed by atoms with Gasteiger partial charge in [-0.2, -0.15) is 0 Å². The molecule has 0 saturated carbocycles. The van der Waals surface area contributed by atoms with Crippen molar-refractivity contribution in [3.05, 3.63) is 62.2 Å². The number of rotatable bonds is 3. The van der Waals surface area contributed by atoms with Crippen molar-refractivity contribution < 1.29 is 15.0 Å². The minimum Gasteiger partial charge on any atom is -0.507 e. The van der Waals surface area contributed by atoms with Gasteiger partial charge in [-0.15, -0.1) is 0 Å². The third-order valence-electron chi connectivity index (χ3n) is 3.51. The molecule has 2 N–H and O–H groups in total. The number of phenolic OH excluding ortho intramolecular Hbond substituents is 1. The van der Waals surface area contributed by atoms with Crippen molar-refractivity contribution >= 4 is 56.0 Å². The highest BCUT2D eigenvalue weighted by Crippen LogP contribution is 2.32. The molecule has 118 valence electrons. The number of aromatic hydroxyl groups is 1. The predicted octanol–water partition coefficient (Wildman–Crippen LogP) is 5.16. The lowest BCUT2D eigenvalue weighted by atomic mass is 10.2. The zero-order valence-corrected chi connectivity index (χ0v) is 14.7. The fourth-order valence-electron chi connectivity index (χ4n) is 2.44. The van der Waals surface area contributed by atoms with Crippen LogP contribution in [0.25, 0.3) is 10.9 Å². The number of carbonyl (C=O) groups is 1. The average molecular weight is 415 g/mol. The number of halogens is 3. The summed E-state index contributed by atoms with van der Waals surface area (Å²) < 4.78 is 2.15. The van der Waals surface area contributed by atoms with Gasteiger partial charge in [0.05, 0.1) is 20.0 Å². The number of hydrogen-bond acceptors (Lipinski definition) is 2. The largest absolute Gasteiger partial charge is 0.507 e. The fraction of sp³-hybridized carbons (Fsp3) is 0.0625. The molecule has 3 rings (SSSR count). The molecule has 4 nitrogen and oxygen atoms in total. The molecule has 0 unspecified atom stereocenters. The lowest BCUT2D eigenvalue weighted by Crippen LogP contribution is -2.09. The van der Waals surface area contributed by atoms with Gasteiger partial charge in [0.25, 0.3) is 0 Å². The van der Waals surface area contributed by atoms with Crippen molar-refractivity contribution in [2.75, 3.05) is 0 Å². The molecule has 3 aromatic rings. The van der Waals surface area contributed by atoms with E-state index in [1.165, 1.54) is 12.1 Å². The Morgan fingerprint density at radius 2 is 1.87 bits per heavy atom. The highest BCUT2D eigenvalue weighted by molar-refractivity contribution is 9.10. The van der Waals surface area contributed by atoms with Gasteiger partial charge in [-0.25, -0.2) is 4.79 Å². The minimum absolute atomic E-state index is 0.0566. The van der Waals surface area contributed by atoms with E-state index in [0.29, 0.717) is 32.0 Å². The van der Waals surface area contributed by atoms with E-state index in [4.69, 9.17) is 23.2 Å². The van der Waals surface area contributed by atoms with Crippen molar-refractivity contribution in [3.63, 3.8) is 0 Å². The zero-order valence-electron chi connectivity index (χ0n) is 11.6. The number of fused-ring (bicyclic) bond motifs is 1. The molecule has 0 radical (unpaired) electrons. The summed E-state index contributed by atoms with van der Waals surface area (Å²) in [6.07, 6.45) is 0. The zero-order chi connectivity index (χ0) is 16.7. The summed E-state index contributed by atoms with van der Waals surface area (Å²) in [7, 11) is 0. The van der Waals surface area contributed by atoms with E-state index in [1.54, 1.807) is 28.8 Å². The van der Waals surface area contributed by atoms with Crippen molar-refractivity contribution in [1.82, 2.24) is 4.57 Å². The van der Waals surface area contributed by atoms with Gasteiger partial charge in [-0.3, -0.25) is 0 Å². The SMILES string of the molecule is O=C(O)c1cc2cc(O)c(Br)cc2n1Cc1ccc(Cl)c(Cl)c1. The summed E-state index contributed by atoms with van der Waals surface area (Å²) in [5.74, 6) is -0.988. The molecule has 1 heterocycles. The van der Waals surface area contributed by atoms with Crippen LogP contribution in [0.4, 0.5) is 0 Å². The number of carboxylic acids is 1. The third kappa shape index (κ3) is 3.04. The van der Waals surface area contributed by atoms with Gasteiger partial charge < -0.3 is 14.8 Å². The fourth-order valence-corrected chi connectivity index (χ4v) is 3.09. The van der Waals surface area contributed by atoms with Crippen LogP contribution in [-0.2, 0) is 6.54 Å². The van der Waals surface area contributed by atoms with Gasteiger partial charge in [0.1, 0.15) is 11.4 Å². The Kier molecular flexibility index (Phi) is 4.27. The maximum absolute atomic E-state index is 11.5. The molecular formula is C16H10BrCl2NO3. The maximum atomic E-state index is 11.5. The summed E-state index contributed by atoms with van der Waals surface area (Å²) in [6.45, 7) is 0.319. The highest BCUT2D eigenvalue weighted by Gasteiger charge is 2.17. The Bertz CT molecular complexity index is 937. The maximum Gasteiger partial charge on any atom is 0.352 e. The van der Waals surface area contributed by atoms with Gasteiger partial charge in [0.2, 0.25) is 0 Å². The molecule has 0 spiro atoms. The molecule has 0 fully saturated rings. The van der Waals surface area contributed by atoms with Gasteiger partial charge in [0.15, 0.2) is 0 Å². The number of carboxylic acid groups (broad SMARTS) is 1. The van der Waals surface area contributed by atoms with E-state index < -0.39 is 5.97 Å². The predicted molar refractivity (Wildman–Crippen MR) is 93.8 cm³/mol. The Morgan fingerprint density at radius 1 is 1.13 bits per heavy atom.